The Hall–Kier alpha value is -3.81. The molecule has 156 valence electrons. The van der Waals surface area contributed by atoms with Crippen LogP contribution in [0.25, 0.3) is 11.3 Å². The van der Waals surface area contributed by atoms with E-state index >= 15 is 0 Å². The van der Waals surface area contributed by atoms with Crippen LogP contribution in [-0.2, 0) is 6.54 Å². The maximum absolute atomic E-state index is 12.1. The maximum Gasteiger partial charge on any atom is 0.319 e. The quantitative estimate of drug-likeness (QED) is 0.559. The third-order valence-corrected chi connectivity index (χ3v) is 4.41. The Morgan fingerprint density at radius 3 is 2.50 bits per heavy atom. The zero-order valence-corrected chi connectivity index (χ0v) is 16.9. The molecule has 1 heterocycles. The number of methoxy groups -OCH3 is 2. The number of carbonyl (C=O) groups is 1. The van der Waals surface area contributed by atoms with E-state index in [2.05, 4.69) is 15.7 Å². The van der Waals surface area contributed by atoms with Crippen molar-refractivity contribution in [3.8, 4) is 22.8 Å². The van der Waals surface area contributed by atoms with E-state index in [0.717, 1.165) is 11.3 Å². The van der Waals surface area contributed by atoms with Gasteiger partial charge in [0.15, 0.2) is 0 Å². The predicted molar refractivity (Wildman–Crippen MR) is 115 cm³/mol. The van der Waals surface area contributed by atoms with E-state index in [9.17, 15) is 9.59 Å². The third kappa shape index (κ3) is 5.60. The lowest BCUT2D eigenvalue weighted by Gasteiger charge is -2.10. The van der Waals surface area contributed by atoms with Gasteiger partial charge in [-0.3, -0.25) is 4.79 Å². The van der Waals surface area contributed by atoms with E-state index in [1.54, 1.807) is 44.6 Å². The van der Waals surface area contributed by atoms with Crippen molar-refractivity contribution in [2.75, 3.05) is 26.1 Å². The first kappa shape index (κ1) is 20.9. The Morgan fingerprint density at radius 1 is 1.00 bits per heavy atom. The zero-order valence-electron chi connectivity index (χ0n) is 16.9. The van der Waals surface area contributed by atoms with Crippen molar-refractivity contribution in [1.29, 1.82) is 0 Å². The second kappa shape index (κ2) is 10.1. The molecule has 8 heteroatoms. The number of anilines is 1. The highest BCUT2D eigenvalue weighted by atomic mass is 16.5. The van der Waals surface area contributed by atoms with E-state index in [0.29, 0.717) is 36.6 Å². The number of benzene rings is 2. The molecule has 0 aliphatic heterocycles. The van der Waals surface area contributed by atoms with Crippen molar-refractivity contribution in [2.24, 2.45) is 0 Å². The number of amides is 2. The van der Waals surface area contributed by atoms with E-state index in [-0.39, 0.29) is 11.6 Å². The molecule has 0 saturated heterocycles. The number of nitrogens with zero attached hydrogens (tertiary/aromatic N) is 2. The lowest BCUT2D eigenvalue weighted by atomic mass is 10.1. The summed E-state index contributed by atoms with van der Waals surface area (Å²) >= 11 is 0. The van der Waals surface area contributed by atoms with Gasteiger partial charge in [0, 0.05) is 36.5 Å². The standard InChI is InChI=1S/C22H24N4O4/c1-29-18-9-7-16(8-10-18)20-11-12-21(27)26(25-20)14-4-13-23-22(28)24-17-5-3-6-19(15-17)30-2/h3,5-12,15H,4,13-14H2,1-2H3,(H2,23,24,28). The molecular formula is C22H24N4O4. The van der Waals surface area contributed by atoms with Gasteiger partial charge in [-0.2, -0.15) is 5.10 Å². The molecule has 0 unspecified atom stereocenters. The molecule has 0 saturated carbocycles. The fourth-order valence-corrected chi connectivity index (χ4v) is 2.83. The highest BCUT2D eigenvalue weighted by Gasteiger charge is 2.06. The Bertz CT molecular complexity index is 1050. The molecule has 0 radical (unpaired) electrons. The fraction of sp³-hybridized carbons (Fsp3) is 0.227. The first-order chi connectivity index (χ1) is 14.6. The molecule has 3 rings (SSSR count). The molecule has 1 aromatic heterocycles. The van der Waals surface area contributed by atoms with Crippen molar-refractivity contribution in [1.82, 2.24) is 15.1 Å². The van der Waals surface area contributed by atoms with Crippen LogP contribution in [0.4, 0.5) is 10.5 Å². The highest BCUT2D eigenvalue weighted by molar-refractivity contribution is 5.89. The molecule has 0 aliphatic carbocycles. The highest BCUT2D eigenvalue weighted by Crippen LogP contribution is 2.19. The van der Waals surface area contributed by atoms with Crippen molar-refractivity contribution in [2.45, 2.75) is 13.0 Å². The molecule has 3 aromatic rings. The number of hydrogen-bond donors (Lipinski definition) is 2. The van der Waals surface area contributed by atoms with E-state index in [4.69, 9.17) is 9.47 Å². The van der Waals surface area contributed by atoms with Crippen LogP contribution in [0.15, 0.2) is 65.5 Å². The van der Waals surface area contributed by atoms with Crippen molar-refractivity contribution < 1.29 is 14.3 Å². The van der Waals surface area contributed by atoms with Gasteiger partial charge in [-0.05, 0) is 48.9 Å². The van der Waals surface area contributed by atoms with Crippen LogP contribution in [-0.4, -0.2) is 36.6 Å². The lowest BCUT2D eigenvalue weighted by molar-refractivity contribution is 0.251. The van der Waals surface area contributed by atoms with Crippen molar-refractivity contribution in [3.63, 3.8) is 0 Å². The Kier molecular flexibility index (Phi) is 7.05. The SMILES string of the molecule is COc1ccc(-c2ccc(=O)n(CCCNC(=O)Nc3cccc(OC)c3)n2)cc1. The number of nitrogens with one attached hydrogen (secondary N) is 2. The van der Waals surface area contributed by atoms with Gasteiger partial charge in [-0.25, -0.2) is 9.48 Å². The van der Waals surface area contributed by atoms with Crippen molar-refractivity contribution in [3.05, 3.63) is 71.0 Å². The largest absolute Gasteiger partial charge is 0.497 e. The molecule has 0 atom stereocenters. The van der Waals surface area contributed by atoms with Gasteiger partial charge in [0.2, 0.25) is 0 Å². The molecule has 2 aromatic carbocycles. The van der Waals surface area contributed by atoms with Crippen LogP contribution >= 0.6 is 0 Å². The minimum absolute atomic E-state index is 0.187. The summed E-state index contributed by atoms with van der Waals surface area (Å²) in [5.74, 6) is 1.42. The minimum Gasteiger partial charge on any atom is -0.497 e. The minimum atomic E-state index is -0.324. The van der Waals surface area contributed by atoms with Gasteiger partial charge in [0.05, 0.1) is 19.9 Å². The van der Waals surface area contributed by atoms with Gasteiger partial charge in [0.25, 0.3) is 5.56 Å². The fourth-order valence-electron chi connectivity index (χ4n) is 2.83. The monoisotopic (exact) mass is 408 g/mol. The van der Waals surface area contributed by atoms with Crippen molar-refractivity contribution >= 4 is 11.7 Å². The van der Waals surface area contributed by atoms with Crippen LogP contribution in [0.2, 0.25) is 0 Å². The number of hydrogen-bond acceptors (Lipinski definition) is 5. The van der Waals surface area contributed by atoms with Crippen LogP contribution < -0.4 is 25.7 Å². The molecular weight excluding hydrogens is 384 g/mol. The molecule has 2 N–H and O–H groups in total. The predicted octanol–water partition coefficient (Wildman–Crippen LogP) is 3.14. The number of urea groups is 1. The smallest absolute Gasteiger partial charge is 0.319 e. The van der Waals surface area contributed by atoms with Gasteiger partial charge in [-0.15, -0.1) is 0 Å². The molecule has 0 aliphatic rings. The van der Waals surface area contributed by atoms with E-state index in [1.165, 1.54) is 10.7 Å². The van der Waals surface area contributed by atoms with Crippen LogP contribution in [0.3, 0.4) is 0 Å². The van der Waals surface area contributed by atoms with Gasteiger partial charge in [0.1, 0.15) is 11.5 Å². The summed E-state index contributed by atoms with van der Waals surface area (Å²) in [5, 5.41) is 9.93. The first-order valence-electron chi connectivity index (χ1n) is 9.50. The maximum atomic E-state index is 12.1. The summed E-state index contributed by atoms with van der Waals surface area (Å²) in [5.41, 5.74) is 2.03. The molecule has 0 spiro atoms. The topological polar surface area (TPSA) is 94.5 Å². The molecule has 30 heavy (non-hydrogen) atoms. The summed E-state index contributed by atoms with van der Waals surface area (Å²) in [6.07, 6.45) is 0.560. The summed E-state index contributed by atoms with van der Waals surface area (Å²) in [4.78, 5) is 24.1. The van der Waals surface area contributed by atoms with E-state index in [1.807, 2.05) is 24.3 Å². The van der Waals surface area contributed by atoms with Gasteiger partial charge < -0.3 is 20.1 Å². The summed E-state index contributed by atoms with van der Waals surface area (Å²) < 4.78 is 11.7. The van der Waals surface area contributed by atoms with Gasteiger partial charge >= 0.3 is 6.03 Å². The second-order valence-corrected chi connectivity index (χ2v) is 6.47. The average molecular weight is 408 g/mol. The number of carbonyl (C=O) groups excluding carboxylic acids is 1. The van der Waals surface area contributed by atoms with Crippen LogP contribution in [0, 0.1) is 0 Å². The second-order valence-electron chi connectivity index (χ2n) is 6.47. The molecule has 2 amide bonds. The molecule has 8 nitrogen and oxygen atoms in total. The number of rotatable bonds is 8. The summed E-state index contributed by atoms with van der Waals surface area (Å²) in [6.45, 7) is 0.791. The summed E-state index contributed by atoms with van der Waals surface area (Å²) in [6, 6.07) is 17.4. The lowest BCUT2D eigenvalue weighted by Crippen LogP contribution is -2.31. The normalized spacial score (nSPS) is 10.3. The summed E-state index contributed by atoms with van der Waals surface area (Å²) in [7, 11) is 3.18. The third-order valence-electron chi connectivity index (χ3n) is 4.41. The Labute approximate surface area is 174 Å². The first-order valence-corrected chi connectivity index (χ1v) is 9.50. The van der Waals surface area contributed by atoms with Gasteiger partial charge in [-0.1, -0.05) is 6.07 Å². The molecule has 0 fully saturated rings. The van der Waals surface area contributed by atoms with Crippen LogP contribution in [0.1, 0.15) is 6.42 Å². The van der Waals surface area contributed by atoms with Crippen LogP contribution in [0.5, 0.6) is 11.5 Å². The number of aromatic nitrogens is 2. The number of aryl methyl sites for hydroxylation is 1. The van der Waals surface area contributed by atoms with E-state index < -0.39 is 0 Å². The Balaban J connectivity index is 1.52. The zero-order chi connectivity index (χ0) is 21.3. The average Bonchev–Trinajstić information content (AvgIpc) is 2.78. The number of ether oxygens (including phenoxy) is 2. The Morgan fingerprint density at radius 2 is 1.77 bits per heavy atom. The molecule has 0 bridgehead atoms.